The molecule has 1 atom stereocenters. The molecule has 1 amide bonds. The highest BCUT2D eigenvalue weighted by Gasteiger charge is 2.38. The molecule has 24 heavy (non-hydrogen) atoms. The van der Waals surface area contributed by atoms with Gasteiger partial charge in [-0.05, 0) is 49.1 Å². The molecule has 126 valence electrons. The number of hydrogen-bond donors (Lipinski definition) is 3. The van der Waals surface area contributed by atoms with Crippen molar-refractivity contribution in [2.75, 3.05) is 5.32 Å². The lowest BCUT2D eigenvalue weighted by molar-refractivity contribution is -0.119. The molecule has 3 N–H and O–H groups in total. The zero-order chi connectivity index (χ0) is 17.3. The van der Waals surface area contributed by atoms with Crippen LogP contribution in [0.3, 0.4) is 0 Å². The maximum absolute atomic E-state index is 12.1. The summed E-state index contributed by atoms with van der Waals surface area (Å²) in [6.07, 6.45) is 0. The second kappa shape index (κ2) is 6.38. The summed E-state index contributed by atoms with van der Waals surface area (Å²) in [5, 5.41) is 15.9. The van der Waals surface area contributed by atoms with E-state index in [9.17, 15) is 9.90 Å². The van der Waals surface area contributed by atoms with Crippen molar-refractivity contribution in [3.05, 3.63) is 64.7 Å². The highest BCUT2D eigenvalue weighted by atomic mass is 16.3. The average Bonchev–Trinajstić information content (AvgIpc) is 2.82. The van der Waals surface area contributed by atoms with Gasteiger partial charge in [0.1, 0.15) is 0 Å². The Morgan fingerprint density at radius 1 is 1.17 bits per heavy atom. The standard InChI is InChI=1S/C20H24N2O2/c1-13(21-11-15-6-4-5-7-16(15)12-23)14-8-9-18-17(10-14)20(2,3)19(24)22-18/h4-10,13,21,23H,11-12H2,1-3H3,(H,22,24). The number of anilines is 1. The summed E-state index contributed by atoms with van der Waals surface area (Å²) in [5.74, 6) is 0.0483. The Hall–Kier alpha value is -2.17. The number of carbonyl (C=O) groups excluding carboxylic acids is 1. The normalized spacial score (nSPS) is 16.6. The van der Waals surface area contributed by atoms with Crippen molar-refractivity contribution in [2.45, 2.75) is 45.4 Å². The van der Waals surface area contributed by atoms with E-state index in [2.05, 4.69) is 29.7 Å². The number of rotatable bonds is 5. The molecule has 3 rings (SSSR count). The predicted molar refractivity (Wildman–Crippen MR) is 95.7 cm³/mol. The SMILES string of the molecule is CC(NCc1ccccc1CO)c1ccc2c(c1)C(C)(C)C(=O)N2. The molecule has 1 aliphatic heterocycles. The van der Waals surface area contributed by atoms with Crippen LogP contribution in [0.1, 0.15) is 49.1 Å². The van der Waals surface area contributed by atoms with Gasteiger partial charge in [0.2, 0.25) is 5.91 Å². The van der Waals surface area contributed by atoms with Crippen LogP contribution in [0.4, 0.5) is 5.69 Å². The zero-order valence-electron chi connectivity index (χ0n) is 14.4. The number of carbonyl (C=O) groups is 1. The van der Waals surface area contributed by atoms with E-state index >= 15 is 0 Å². The van der Waals surface area contributed by atoms with Crippen molar-refractivity contribution in [1.82, 2.24) is 5.32 Å². The fourth-order valence-electron chi connectivity index (χ4n) is 3.12. The van der Waals surface area contributed by atoms with E-state index in [0.717, 1.165) is 27.9 Å². The van der Waals surface area contributed by atoms with Gasteiger partial charge in [0.15, 0.2) is 0 Å². The molecule has 0 radical (unpaired) electrons. The number of nitrogens with one attached hydrogen (secondary N) is 2. The van der Waals surface area contributed by atoms with Crippen LogP contribution in [-0.2, 0) is 23.4 Å². The fraction of sp³-hybridized carbons (Fsp3) is 0.350. The first-order valence-electron chi connectivity index (χ1n) is 8.30. The van der Waals surface area contributed by atoms with Crippen LogP contribution in [0.5, 0.6) is 0 Å². The van der Waals surface area contributed by atoms with Gasteiger partial charge in [0.25, 0.3) is 0 Å². The lowest BCUT2D eigenvalue weighted by Crippen LogP contribution is -2.27. The summed E-state index contributed by atoms with van der Waals surface area (Å²) in [6.45, 7) is 6.75. The molecule has 1 heterocycles. The molecular weight excluding hydrogens is 300 g/mol. The molecule has 0 fully saturated rings. The summed E-state index contributed by atoms with van der Waals surface area (Å²) < 4.78 is 0. The van der Waals surface area contributed by atoms with E-state index in [1.165, 1.54) is 0 Å². The Balaban J connectivity index is 1.76. The van der Waals surface area contributed by atoms with Crippen LogP contribution >= 0.6 is 0 Å². The second-order valence-corrected chi connectivity index (χ2v) is 6.91. The van der Waals surface area contributed by atoms with Crippen molar-refractivity contribution < 1.29 is 9.90 Å². The van der Waals surface area contributed by atoms with Crippen molar-refractivity contribution in [1.29, 1.82) is 0 Å². The lowest BCUT2D eigenvalue weighted by atomic mass is 9.85. The third-order valence-electron chi connectivity index (χ3n) is 4.92. The van der Waals surface area contributed by atoms with Crippen molar-refractivity contribution in [2.24, 2.45) is 0 Å². The van der Waals surface area contributed by atoms with E-state index < -0.39 is 5.41 Å². The Labute approximate surface area is 142 Å². The van der Waals surface area contributed by atoms with E-state index in [-0.39, 0.29) is 18.6 Å². The number of amides is 1. The van der Waals surface area contributed by atoms with Gasteiger partial charge in [0.05, 0.1) is 12.0 Å². The molecule has 4 nitrogen and oxygen atoms in total. The van der Waals surface area contributed by atoms with Gasteiger partial charge in [-0.15, -0.1) is 0 Å². The van der Waals surface area contributed by atoms with Crippen LogP contribution in [0.15, 0.2) is 42.5 Å². The van der Waals surface area contributed by atoms with Gasteiger partial charge in [-0.3, -0.25) is 4.79 Å². The highest BCUT2D eigenvalue weighted by Crippen LogP contribution is 2.38. The smallest absolute Gasteiger partial charge is 0.234 e. The average molecular weight is 324 g/mol. The van der Waals surface area contributed by atoms with Gasteiger partial charge >= 0.3 is 0 Å². The Morgan fingerprint density at radius 2 is 1.88 bits per heavy atom. The molecular formula is C20H24N2O2. The fourth-order valence-corrected chi connectivity index (χ4v) is 3.12. The van der Waals surface area contributed by atoms with E-state index in [1.807, 2.05) is 44.2 Å². The predicted octanol–water partition coefficient (Wildman–Crippen LogP) is 3.26. The maximum atomic E-state index is 12.1. The molecule has 0 bridgehead atoms. The molecule has 0 aliphatic carbocycles. The number of aliphatic hydroxyl groups is 1. The zero-order valence-corrected chi connectivity index (χ0v) is 14.4. The molecule has 1 unspecified atom stereocenters. The maximum Gasteiger partial charge on any atom is 0.234 e. The van der Waals surface area contributed by atoms with Gasteiger partial charge in [0, 0.05) is 18.3 Å². The molecule has 4 heteroatoms. The molecule has 0 spiro atoms. The second-order valence-electron chi connectivity index (χ2n) is 6.91. The van der Waals surface area contributed by atoms with Gasteiger partial charge in [-0.2, -0.15) is 0 Å². The Kier molecular flexibility index (Phi) is 4.43. The quantitative estimate of drug-likeness (QED) is 0.791. The third kappa shape index (κ3) is 2.95. The first kappa shape index (κ1) is 16.7. The number of fused-ring (bicyclic) bond motifs is 1. The minimum Gasteiger partial charge on any atom is -0.392 e. The van der Waals surface area contributed by atoms with Crippen LogP contribution in [-0.4, -0.2) is 11.0 Å². The molecule has 0 saturated carbocycles. The number of aliphatic hydroxyl groups excluding tert-OH is 1. The Morgan fingerprint density at radius 3 is 2.58 bits per heavy atom. The first-order valence-corrected chi connectivity index (χ1v) is 8.30. The molecule has 0 aromatic heterocycles. The lowest BCUT2D eigenvalue weighted by Gasteiger charge is -2.19. The van der Waals surface area contributed by atoms with Crippen LogP contribution < -0.4 is 10.6 Å². The van der Waals surface area contributed by atoms with Gasteiger partial charge in [-0.1, -0.05) is 36.4 Å². The monoisotopic (exact) mass is 324 g/mol. The van der Waals surface area contributed by atoms with Gasteiger partial charge in [-0.25, -0.2) is 0 Å². The Bertz CT molecular complexity index is 768. The number of hydrogen-bond acceptors (Lipinski definition) is 3. The molecule has 2 aromatic carbocycles. The van der Waals surface area contributed by atoms with Crippen LogP contribution in [0.2, 0.25) is 0 Å². The van der Waals surface area contributed by atoms with Crippen LogP contribution in [0.25, 0.3) is 0 Å². The summed E-state index contributed by atoms with van der Waals surface area (Å²) >= 11 is 0. The van der Waals surface area contributed by atoms with Crippen LogP contribution in [0, 0.1) is 0 Å². The van der Waals surface area contributed by atoms with Gasteiger partial charge < -0.3 is 15.7 Å². The topological polar surface area (TPSA) is 61.4 Å². The third-order valence-corrected chi connectivity index (χ3v) is 4.92. The summed E-state index contributed by atoms with van der Waals surface area (Å²) in [7, 11) is 0. The molecule has 0 saturated heterocycles. The minimum absolute atomic E-state index is 0.0483. The summed E-state index contributed by atoms with van der Waals surface area (Å²) in [4.78, 5) is 12.1. The van der Waals surface area contributed by atoms with Crippen molar-refractivity contribution >= 4 is 11.6 Å². The largest absolute Gasteiger partial charge is 0.392 e. The summed E-state index contributed by atoms with van der Waals surface area (Å²) in [6, 6.07) is 14.2. The molecule has 2 aromatic rings. The first-order chi connectivity index (χ1) is 11.4. The highest BCUT2D eigenvalue weighted by molar-refractivity contribution is 6.05. The van der Waals surface area contributed by atoms with E-state index in [1.54, 1.807) is 0 Å². The van der Waals surface area contributed by atoms with Crippen molar-refractivity contribution in [3.8, 4) is 0 Å². The van der Waals surface area contributed by atoms with Crippen molar-refractivity contribution in [3.63, 3.8) is 0 Å². The summed E-state index contributed by atoms with van der Waals surface area (Å²) in [5.41, 5.74) is 4.67. The molecule has 1 aliphatic rings. The van der Waals surface area contributed by atoms with E-state index in [4.69, 9.17) is 0 Å². The number of benzene rings is 2. The van der Waals surface area contributed by atoms with E-state index in [0.29, 0.717) is 6.54 Å². The minimum atomic E-state index is -0.492.